The van der Waals surface area contributed by atoms with E-state index in [9.17, 15) is 4.79 Å². The third kappa shape index (κ3) is 4.63. The molecule has 5 rings (SSSR count). The van der Waals surface area contributed by atoms with Gasteiger partial charge < -0.3 is 4.74 Å². The summed E-state index contributed by atoms with van der Waals surface area (Å²) in [7, 11) is 0. The highest BCUT2D eigenvalue weighted by Gasteiger charge is 2.32. The van der Waals surface area contributed by atoms with E-state index < -0.39 is 0 Å². The molecule has 4 aromatic carbocycles. The van der Waals surface area contributed by atoms with E-state index in [1.165, 1.54) is 5.01 Å². The van der Waals surface area contributed by atoms with Gasteiger partial charge in [0, 0.05) is 16.1 Å². The van der Waals surface area contributed by atoms with Crippen molar-refractivity contribution in [1.82, 2.24) is 0 Å². The summed E-state index contributed by atoms with van der Waals surface area (Å²) in [6.07, 6.45) is 1.81. The molecule has 5 heteroatoms. The van der Waals surface area contributed by atoms with Crippen LogP contribution in [0.5, 0.6) is 5.75 Å². The van der Waals surface area contributed by atoms with E-state index in [0.29, 0.717) is 39.9 Å². The summed E-state index contributed by atoms with van der Waals surface area (Å²) < 4.78 is 6.11. The first-order valence-electron chi connectivity index (χ1n) is 10.9. The lowest BCUT2D eigenvalue weighted by molar-refractivity contribution is -0.114. The number of rotatable bonds is 6. The van der Waals surface area contributed by atoms with Crippen LogP contribution < -0.4 is 9.75 Å². The van der Waals surface area contributed by atoms with Crippen molar-refractivity contribution in [2.75, 3.05) is 5.01 Å². The van der Waals surface area contributed by atoms with E-state index in [4.69, 9.17) is 21.4 Å². The van der Waals surface area contributed by atoms with E-state index >= 15 is 0 Å². The molecule has 0 aliphatic carbocycles. The molecule has 0 bridgehead atoms. The topological polar surface area (TPSA) is 41.9 Å². The summed E-state index contributed by atoms with van der Waals surface area (Å²) in [5, 5.41) is 6.68. The maximum Gasteiger partial charge on any atom is 0.281 e. The number of hydrazone groups is 1. The Bertz CT molecular complexity index is 1370. The number of nitrogens with zero attached hydrogens (tertiary/aromatic N) is 2. The van der Waals surface area contributed by atoms with E-state index in [0.717, 1.165) is 11.1 Å². The number of ether oxygens (including phenoxy) is 1. The van der Waals surface area contributed by atoms with Gasteiger partial charge in [0.1, 0.15) is 18.1 Å². The standard InChI is InChI=1S/C29H21ClN2O2/c30-24-16-17-27(34-20-21-10-4-1-5-11-21)23(18-24)19-26-28(22-12-6-2-7-13-22)31-32(29(26)33)25-14-8-3-9-15-25/h1-19H,20H2/b26-19-. The maximum absolute atomic E-state index is 13.5. The lowest BCUT2D eigenvalue weighted by Gasteiger charge is -2.12. The second-order valence-corrected chi connectivity index (χ2v) is 8.22. The van der Waals surface area contributed by atoms with Gasteiger partial charge in [-0.15, -0.1) is 0 Å². The molecule has 0 radical (unpaired) electrons. The van der Waals surface area contributed by atoms with Crippen molar-refractivity contribution >= 4 is 35.0 Å². The molecule has 0 saturated carbocycles. The van der Waals surface area contributed by atoms with Gasteiger partial charge in [0.2, 0.25) is 0 Å². The molecule has 1 amide bonds. The van der Waals surface area contributed by atoms with Gasteiger partial charge in [0.15, 0.2) is 0 Å². The average molecular weight is 465 g/mol. The Morgan fingerprint density at radius 3 is 2.18 bits per heavy atom. The molecule has 0 saturated heterocycles. The fraction of sp³-hybridized carbons (Fsp3) is 0.0345. The average Bonchev–Trinajstić information content (AvgIpc) is 3.21. The number of hydrogen-bond donors (Lipinski definition) is 0. The first-order valence-corrected chi connectivity index (χ1v) is 11.3. The maximum atomic E-state index is 13.5. The molecule has 1 heterocycles. The molecule has 166 valence electrons. The van der Waals surface area contributed by atoms with Gasteiger partial charge in [-0.3, -0.25) is 4.79 Å². The van der Waals surface area contributed by atoms with Crippen molar-refractivity contribution in [3.63, 3.8) is 0 Å². The Hall–Kier alpha value is -4.15. The van der Waals surface area contributed by atoms with Gasteiger partial charge in [-0.2, -0.15) is 10.1 Å². The van der Waals surface area contributed by atoms with E-state index in [1.807, 2.05) is 103 Å². The summed E-state index contributed by atoms with van der Waals surface area (Å²) in [4.78, 5) is 13.5. The van der Waals surface area contributed by atoms with E-state index in [-0.39, 0.29) is 5.91 Å². The molecule has 4 nitrogen and oxygen atoms in total. The van der Waals surface area contributed by atoms with E-state index in [2.05, 4.69) is 0 Å². The molecule has 0 unspecified atom stereocenters. The molecule has 1 aliphatic rings. The SMILES string of the molecule is O=C1/C(=C\c2cc(Cl)ccc2OCc2ccccc2)C(c2ccccc2)=NN1c1ccccc1. The van der Waals surface area contributed by atoms with Gasteiger partial charge in [-0.25, -0.2) is 0 Å². The largest absolute Gasteiger partial charge is 0.488 e. The van der Waals surface area contributed by atoms with Gasteiger partial charge in [0.25, 0.3) is 5.91 Å². The second kappa shape index (κ2) is 9.77. The van der Waals surface area contributed by atoms with Crippen LogP contribution in [0.1, 0.15) is 16.7 Å². The summed E-state index contributed by atoms with van der Waals surface area (Å²) >= 11 is 6.32. The van der Waals surface area contributed by atoms with Gasteiger partial charge >= 0.3 is 0 Å². The van der Waals surface area contributed by atoms with Gasteiger partial charge in [-0.1, -0.05) is 90.5 Å². The molecule has 0 spiro atoms. The van der Waals surface area contributed by atoms with Crippen LogP contribution in [0.3, 0.4) is 0 Å². The number of benzene rings is 4. The number of carbonyl (C=O) groups excluding carboxylic acids is 1. The van der Waals surface area contributed by atoms with Crippen LogP contribution in [0.4, 0.5) is 5.69 Å². The van der Waals surface area contributed by atoms with Crippen LogP contribution in [-0.4, -0.2) is 11.6 Å². The smallest absolute Gasteiger partial charge is 0.281 e. The number of carbonyl (C=O) groups is 1. The van der Waals surface area contributed by atoms with Crippen molar-refractivity contribution in [2.45, 2.75) is 6.61 Å². The Morgan fingerprint density at radius 1 is 0.824 bits per heavy atom. The Balaban J connectivity index is 1.55. The quantitative estimate of drug-likeness (QED) is 0.296. The zero-order valence-electron chi connectivity index (χ0n) is 18.3. The number of anilines is 1. The van der Waals surface area contributed by atoms with Crippen molar-refractivity contribution in [2.24, 2.45) is 5.10 Å². The normalized spacial score (nSPS) is 14.4. The van der Waals surface area contributed by atoms with Crippen molar-refractivity contribution in [3.05, 3.63) is 136 Å². The predicted octanol–water partition coefficient (Wildman–Crippen LogP) is 6.75. The van der Waals surface area contributed by atoms with Crippen molar-refractivity contribution in [1.29, 1.82) is 0 Å². The van der Waals surface area contributed by atoms with Gasteiger partial charge in [-0.05, 0) is 42.0 Å². The van der Waals surface area contributed by atoms with Crippen LogP contribution >= 0.6 is 11.6 Å². The highest BCUT2D eigenvalue weighted by Crippen LogP contribution is 2.31. The molecule has 4 aromatic rings. The number of hydrogen-bond acceptors (Lipinski definition) is 3. The van der Waals surface area contributed by atoms with Crippen LogP contribution in [0, 0.1) is 0 Å². The lowest BCUT2D eigenvalue weighted by atomic mass is 10.00. The molecular formula is C29H21ClN2O2. The fourth-order valence-electron chi connectivity index (χ4n) is 3.75. The Morgan fingerprint density at radius 2 is 1.47 bits per heavy atom. The monoisotopic (exact) mass is 464 g/mol. The number of amides is 1. The molecule has 34 heavy (non-hydrogen) atoms. The minimum absolute atomic E-state index is 0.209. The number of halogens is 1. The van der Waals surface area contributed by atoms with Crippen LogP contribution in [0.25, 0.3) is 6.08 Å². The summed E-state index contributed by atoms with van der Waals surface area (Å²) in [6.45, 7) is 0.405. The molecule has 1 aliphatic heterocycles. The molecular weight excluding hydrogens is 444 g/mol. The van der Waals surface area contributed by atoms with Gasteiger partial charge in [0.05, 0.1) is 11.3 Å². The first kappa shape index (κ1) is 21.7. The van der Waals surface area contributed by atoms with Crippen LogP contribution in [-0.2, 0) is 11.4 Å². The van der Waals surface area contributed by atoms with Crippen LogP contribution in [0.2, 0.25) is 5.02 Å². The third-order valence-corrected chi connectivity index (χ3v) is 5.67. The molecule has 0 fully saturated rings. The first-order chi connectivity index (χ1) is 16.7. The summed E-state index contributed by atoms with van der Waals surface area (Å²) in [5.74, 6) is 0.429. The lowest BCUT2D eigenvalue weighted by Crippen LogP contribution is -2.21. The highest BCUT2D eigenvalue weighted by molar-refractivity contribution is 6.37. The van der Waals surface area contributed by atoms with Crippen molar-refractivity contribution in [3.8, 4) is 5.75 Å². The zero-order chi connectivity index (χ0) is 23.3. The minimum atomic E-state index is -0.209. The fourth-order valence-corrected chi connectivity index (χ4v) is 3.93. The number of para-hydroxylation sites is 1. The predicted molar refractivity (Wildman–Crippen MR) is 137 cm³/mol. The molecule has 0 aromatic heterocycles. The highest BCUT2D eigenvalue weighted by atomic mass is 35.5. The van der Waals surface area contributed by atoms with E-state index in [1.54, 1.807) is 12.1 Å². The molecule has 0 N–H and O–H groups in total. The summed E-state index contributed by atoms with van der Waals surface area (Å²) in [6, 6.07) is 34.4. The zero-order valence-corrected chi connectivity index (χ0v) is 19.0. The second-order valence-electron chi connectivity index (χ2n) is 7.78. The Labute approximate surface area is 203 Å². The van der Waals surface area contributed by atoms with Crippen molar-refractivity contribution < 1.29 is 9.53 Å². The van der Waals surface area contributed by atoms with Crippen LogP contribution in [0.15, 0.2) is 120 Å². The minimum Gasteiger partial charge on any atom is -0.488 e. The Kier molecular flexibility index (Phi) is 6.23. The summed E-state index contributed by atoms with van der Waals surface area (Å²) in [5.41, 5.74) is 4.40. The molecule has 0 atom stereocenters. The third-order valence-electron chi connectivity index (χ3n) is 5.43.